The van der Waals surface area contributed by atoms with Crippen molar-refractivity contribution in [2.24, 2.45) is 5.92 Å². The second-order valence-electron chi connectivity index (χ2n) is 6.92. The van der Waals surface area contributed by atoms with Gasteiger partial charge in [0.25, 0.3) is 0 Å². The summed E-state index contributed by atoms with van der Waals surface area (Å²) in [5.41, 5.74) is 1.75. The molecule has 1 aromatic rings. The predicted octanol–water partition coefficient (Wildman–Crippen LogP) is 2.55. The van der Waals surface area contributed by atoms with Gasteiger partial charge in [-0.25, -0.2) is 14.4 Å². The highest BCUT2D eigenvalue weighted by Crippen LogP contribution is 2.32. The number of aryl methyl sites for hydroxylation is 1. The number of fused-ring (bicyclic) bond motifs is 1. The van der Waals surface area contributed by atoms with Crippen LogP contribution >= 0.6 is 11.3 Å². The summed E-state index contributed by atoms with van der Waals surface area (Å²) in [7, 11) is 0. The van der Waals surface area contributed by atoms with E-state index in [2.05, 4.69) is 17.6 Å². The number of hydrogen-bond acceptors (Lipinski definition) is 6. The van der Waals surface area contributed by atoms with Crippen LogP contribution in [0.4, 0.5) is 4.79 Å². The number of carbonyl (C=O) groups is 3. The van der Waals surface area contributed by atoms with Crippen LogP contribution in [-0.4, -0.2) is 37.2 Å². The first-order valence-corrected chi connectivity index (χ1v) is 9.97. The number of thiophene rings is 1. The lowest BCUT2D eigenvalue weighted by Crippen LogP contribution is -2.50. The molecule has 0 unspecified atom stereocenters. The zero-order chi connectivity index (χ0) is 19.6. The fourth-order valence-electron chi connectivity index (χ4n) is 3.41. The molecule has 0 saturated heterocycles. The average Bonchev–Trinajstić information content (AvgIpc) is 3.02. The molecule has 0 spiro atoms. The Labute approximate surface area is 162 Å². The van der Waals surface area contributed by atoms with Gasteiger partial charge in [-0.15, -0.1) is 11.3 Å². The monoisotopic (exact) mass is 392 g/mol. The maximum absolute atomic E-state index is 12.5. The van der Waals surface area contributed by atoms with Crippen molar-refractivity contribution < 1.29 is 23.9 Å². The largest absolute Gasteiger partial charge is 0.463 e. The van der Waals surface area contributed by atoms with E-state index >= 15 is 0 Å². The predicted molar refractivity (Wildman–Crippen MR) is 101 cm³/mol. The number of amides is 2. The zero-order valence-electron chi connectivity index (χ0n) is 15.7. The summed E-state index contributed by atoms with van der Waals surface area (Å²) < 4.78 is 10.4. The first kappa shape index (κ1) is 19.4. The minimum atomic E-state index is -0.538. The molecular formula is C19H24N2O5S. The van der Waals surface area contributed by atoms with Crippen molar-refractivity contribution in [3.8, 4) is 0 Å². The van der Waals surface area contributed by atoms with Crippen LogP contribution in [0.2, 0.25) is 0 Å². The van der Waals surface area contributed by atoms with E-state index in [1.165, 1.54) is 21.8 Å². The number of esters is 2. The van der Waals surface area contributed by atoms with Crippen molar-refractivity contribution in [3.63, 3.8) is 0 Å². The van der Waals surface area contributed by atoms with Crippen molar-refractivity contribution in [3.05, 3.63) is 32.7 Å². The molecule has 8 heteroatoms. The number of carbonyl (C=O) groups excluding carboxylic acids is 3. The van der Waals surface area contributed by atoms with Crippen LogP contribution in [0.15, 0.2) is 17.3 Å². The van der Waals surface area contributed by atoms with Gasteiger partial charge >= 0.3 is 18.0 Å². The number of ether oxygens (including phenoxy) is 2. The summed E-state index contributed by atoms with van der Waals surface area (Å²) in [5, 5.41) is 5.16. The van der Waals surface area contributed by atoms with Crippen LogP contribution in [0.25, 0.3) is 0 Å². The molecule has 7 nitrogen and oxygen atoms in total. The second-order valence-corrected chi connectivity index (χ2v) is 8.05. The van der Waals surface area contributed by atoms with Crippen LogP contribution in [-0.2, 0) is 27.1 Å². The number of hydrogen-bond donors (Lipinski definition) is 2. The lowest BCUT2D eigenvalue weighted by molar-refractivity contribution is -0.139. The van der Waals surface area contributed by atoms with Crippen molar-refractivity contribution in [2.45, 2.75) is 46.1 Å². The molecule has 3 rings (SSSR count). The van der Waals surface area contributed by atoms with E-state index in [-0.39, 0.29) is 24.5 Å². The zero-order valence-corrected chi connectivity index (χ0v) is 16.5. The molecule has 0 radical (unpaired) electrons. The van der Waals surface area contributed by atoms with Crippen molar-refractivity contribution in [2.75, 3.05) is 13.2 Å². The Hall–Kier alpha value is -2.35. The lowest BCUT2D eigenvalue weighted by atomic mass is 9.90. The van der Waals surface area contributed by atoms with E-state index in [1.54, 1.807) is 13.8 Å². The third kappa shape index (κ3) is 4.32. The summed E-state index contributed by atoms with van der Waals surface area (Å²) in [6.45, 7) is 5.63. The maximum Gasteiger partial charge on any atom is 0.348 e. The smallest absolute Gasteiger partial charge is 0.348 e. The molecule has 0 fully saturated rings. The minimum absolute atomic E-state index is 0.191. The molecule has 1 aromatic heterocycles. The Morgan fingerprint density at radius 2 is 2.04 bits per heavy atom. The molecule has 146 valence electrons. The van der Waals surface area contributed by atoms with Gasteiger partial charge in [0.15, 0.2) is 0 Å². The quantitative estimate of drug-likeness (QED) is 0.751. The van der Waals surface area contributed by atoms with Crippen molar-refractivity contribution >= 4 is 29.3 Å². The van der Waals surface area contributed by atoms with Crippen molar-refractivity contribution in [1.82, 2.24) is 10.6 Å². The van der Waals surface area contributed by atoms with E-state index in [4.69, 9.17) is 9.47 Å². The van der Waals surface area contributed by atoms with Gasteiger partial charge in [-0.3, -0.25) is 0 Å². The number of urea groups is 1. The average molecular weight is 392 g/mol. The summed E-state index contributed by atoms with van der Waals surface area (Å²) >= 11 is 1.47. The molecule has 0 saturated carbocycles. The van der Waals surface area contributed by atoms with E-state index in [1.807, 2.05) is 6.07 Å². The van der Waals surface area contributed by atoms with Crippen LogP contribution in [0, 0.1) is 5.92 Å². The molecule has 1 aliphatic carbocycles. The number of rotatable bonds is 5. The Kier molecular flexibility index (Phi) is 5.84. The fourth-order valence-corrected chi connectivity index (χ4v) is 4.51. The topological polar surface area (TPSA) is 93.7 Å². The van der Waals surface area contributed by atoms with Gasteiger partial charge in [-0.2, -0.15) is 0 Å². The highest BCUT2D eigenvalue weighted by atomic mass is 32.1. The Morgan fingerprint density at radius 1 is 1.26 bits per heavy atom. The molecule has 2 amide bonds. The fraction of sp³-hybridized carbons (Fsp3) is 0.526. The third-order valence-electron chi connectivity index (χ3n) is 4.74. The summed E-state index contributed by atoms with van der Waals surface area (Å²) in [4.78, 5) is 38.2. The summed E-state index contributed by atoms with van der Waals surface area (Å²) in [6, 6.07) is 0.937. The van der Waals surface area contributed by atoms with Crippen molar-refractivity contribution in [1.29, 1.82) is 0 Å². The Balaban J connectivity index is 1.73. The van der Waals surface area contributed by atoms with Crippen LogP contribution in [0.1, 0.15) is 47.3 Å². The normalized spacial score (nSPS) is 21.8. The molecule has 27 heavy (non-hydrogen) atoms. The Morgan fingerprint density at radius 3 is 2.78 bits per heavy atom. The third-order valence-corrected chi connectivity index (χ3v) is 5.96. The molecule has 2 heterocycles. The highest BCUT2D eigenvalue weighted by molar-refractivity contribution is 7.14. The summed E-state index contributed by atoms with van der Waals surface area (Å²) in [5.74, 6) is -0.359. The standard InChI is InChI=1S/C19H24N2O5S/c1-4-25-18(23)16-11(3)20-19(24)21-13(16)9-26-17(22)15-8-12-7-10(2)5-6-14(12)27-15/h8,10-11H,4-7,9H2,1-3H3,(H2,20,21,24)/t10-,11-/m1/s1. The van der Waals surface area contributed by atoms with Gasteiger partial charge in [0.05, 0.1) is 23.9 Å². The lowest BCUT2D eigenvalue weighted by Gasteiger charge is -2.26. The van der Waals surface area contributed by atoms with Gasteiger partial charge in [-0.05, 0) is 50.7 Å². The molecular weight excluding hydrogens is 368 g/mol. The van der Waals surface area contributed by atoms with E-state index in [0.717, 1.165) is 19.3 Å². The van der Waals surface area contributed by atoms with E-state index in [0.29, 0.717) is 10.8 Å². The minimum Gasteiger partial charge on any atom is -0.463 e. The number of nitrogens with one attached hydrogen (secondary N) is 2. The summed E-state index contributed by atoms with van der Waals surface area (Å²) in [6.07, 6.45) is 3.11. The van der Waals surface area contributed by atoms with E-state index < -0.39 is 24.0 Å². The first-order chi connectivity index (χ1) is 12.9. The highest BCUT2D eigenvalue weighted by Gasteiger charge is 2.30. The van der Waals surface area contributed by atoms with Crippen LogP contribution in [0.5, 0.6) is 0 Å². The van der Waals surface area contributed by atoms with Gasteiger partial charge in [0, 0.05) is 4.88 Å². The first-order valence-electron chi connectivity index (χ1n) is 9.15. The van der Waals surface area contributed by atoms with E-state index in [9.17, 15) is 14.4 Å². The second kappa shape index (κ2) is 8.12. The molecule has 0 bridgehead atoms. The van der Waals surface area contributed by atoms with Gasteiger partial charge < -0.3 is 20.1 Å². The maximum atomic E-state index is 12.5. The molecule has 2 N–H and O–H groups in total. The van der Waals surface area contributed by atoms with Crippen LogP contribution < -0.4 is 10.6 Å². The molecule has 0 aromatic carbocycles. The SMILES string of the molecule is CCOC(=O)C1=C(COC(=O)c2cc3c(s2)CC[C@@H](C)C3)NC(=O)N[C@@H]1C. The Bertz CT molecular complexity index is 798. The molecule has 2 atom stereocenters. The molecule has 2 aliphatic rings. The van der Waals surface area contributed by atoms with Gasteiger partial charge in [-0.1, -0.05) is 6.92 Å². The van der Waals surface area contributed by atoms with Gasteiger partial charge in [0.2, 0.25) is 0 Å². The van der Waals surface area contributed by atoms with Gasteiger partial charge in [0.1, 0.15) is 11.5 Å². The molecule has 1 aliphatic heterocycles. The van der Waals surface area contributed by atoms with Crippen LogP contribution in [0.3, 0.4) is 0 Å².